The maximum Gasteiger partial charge on any atom is 0.128 e. The van der Waals surface area contributed by atoms with Gasteiger partial charge in [0.1, 0.15) is 4.32 Å². The number of rotatable bonds is 0. The van der Waals surface area contributed by atoms with Crippen LogP contribution in [-0.4, -0.2) is 4.32 Å². The molecular weight excluding hydrogens is 154 g/mol. The van der Waals surface area contributed by atoms with Crippen molar-refractivity contribution in [3.63, 3.8) is 0 Å². The van der Waals surface area contributed by atoms with Gasteiger partial charge in [0.05, 0.1) is 0 Å². The first-order chi connectivity index (χ1) is 1.73. The molecule has 1 nitrogen and oxygen atoms in total. The molecular formula is CH3NS4-4. The molecule has 0 aliphatic rings. The molecule has 0 unspecified atom stereocenters. The molecule has 2 N–H and O–H groups in total. The van der Waals surface area contributed by atoms with Gasteiger partial charge in [-0.15, -0.1) is 12.6 Å². The van der Waals surface area contributed by atoms with Crippen molar-refractivity contribution in [1.82, 2.24) is 0 Å². The highest BCUT2D eigenvalue weighted by Gasteiger charge is 1.55. The second-order valence-electron chi connectivity index (χ2n) is 0.338. The van der Waals surface area contributed by atoms with Gasteiger partial charge >= 0.3 is 0 Å². The van der Waals surface area contributed by atoms with E-state index in [4.69, 9.17) is 5.73 Å². The van der Waals surface area contributed by atoms with Crippen LogP contribution in [-0.2, 0) is 27.0 Å². The minimum atomic E-state index is 0. The summed E-state index contributed by atoms with van der Waals surface area (Å²) in [5.74, 6) is 0. The van der Waals surface area contributed by atoms with E-state index in [9.17, 15) is 0 Å². The van der Waals surface area contributed by atoms with Gasteiger partial charge in [-0.3, -0.25) is 0 Å². The Kier molecular flexibility index (Phi) is 24.5. The number of hydrogen-bond donors (Lipinski definition) is 2. The lowest BCUT2D eigenvalue weighted by molar-refractivity contribution is 1.91. The first-order valence-corrected chi connectivity index (χ1v) is 1.57. The summed E-state index contributed by atoms with van der Waals surface area (Å²) in [5.41, 5.74) is 4.71. The molecule has 0 aliphatic carbocycles. The van der Waals surface area contributed by atoms with Crippen molar-refractivity contribution < 1.29 is 0 Å². The van der Waals surface area contributed by atoms with Crippen molar-refractivity contribution in [1.29, 1.82) is 0 Å². The second kappa shape index (κ2) is 9.34. The number of thiol groups is 1. The highest BCUT2D eigenvalue weighted by molar-refractivity contribution is 8.10. The van der Waals surface area contributed by atoms with Gasteiger partial charge in [-0.1, -0.05) is 12.2 Å². The van der Waals surface area contributed by atoms with Gasteiger partial charge in [-0.25, -0.2) is 0 Å². The van der Waals surface area contributed by atoms with E-state index in [0.717, 1.165) is 0 Å². The van der Waals surface area contributed by atoms with Crippen molar-refractivity contribution >= 4 is 56.2 Å². The van der Waals surface area contributed by atoms with Crippen molar-refractivity contribution in [2.24, 2.45) is 5.73 Å². The fourth-order valence-corrected chi connectivity index (χ4v) is 0. The molecule has 5 heteroatoms. The van der Waals surface area contributed by atoms with Crippen LogP contribution in [0.5, 0.6) is 0 Å². The third-order valence-corrected chi connectivity index (χ3v) is 0. The molecule has 0 heterocycles. The molecule has 0 aliphatic heterocycles. The van der Waals surface area contributed by atoms with E-state index >= 15 is 0 Å². The van der Waals surface area contributed by atoms with E-state index in [1.165, 1.54) is 0 Å². The van der Waals surface area contributed by atoms with E-state index in [1.807, 2.05) is 0 Å². The highest BCUT2D eigenvalue weighted by atomic mass is 32.1. The van der Waals surface area contributed by atoms with Crippen molar-refractivity contribution in [3.05, 3.63) is 0 Å². The topological polar surface area (TPSA) is 26.0 Å². The normalized spacial score (nSPS) is 4.17. The number of hydrogen-bond acceptors (Lipinski definition) is 1. The lowest BCUT2D eigenvalue weighted by Crippen LogP contribution is -1.94. The van der Waals surface area contributed by atoms with E-state index < -0.39 is 0 Å². The Morgan fingerprint density at radius 3 is 1.50 bits per heavy atom. The summed E-state index contributed by atoms with van der Waals surface area (Å²) in [6.45, 7) is 0. The average Bonchev–Trinajstić information content (AvgIpc) is 0.811. The lowest BCUT2D eigenvalue weighted by Gasteiger charge is -2.00. The monoisotopic (exact) mass is 157 g/mol. The van der Waals surface area contributed by atoms with Crippen LogP contribution in [0.2, 0.25) is 0 Å². The van der Waals surface area contributed by atoms with Crippen LogP contribution in [0.15, 0.2) is 0 Å². The maximum absolute atomic E-state index is 4.71. The summed E-state index contributed by atoms with van der Waals surface area (Å²) in [7, 11) is 0. The third-order valence-electron chi connectivity index (χ3n) is 0. The third kappa shape index (κ3) is 86.8. The predicted octanol–water partition coefficient (Wildman–Crippen LogP) is 0.155. The maximum atomic E-state index is 4.71. The molecule has 0 saturated carbocycles. The van der Waals surface area contributed by atoms with Crippen molar-refractivity contribution in [2.75, 3.05) is 0 Å². The second-order valence-corrected chi connectivity index (χ2v) is 1.56. The fourth-order valence-electron chi connectivity index (χ4n) is 0. The zero-order valence-corrected chi connectivity index (χ0v) is 6.09. The quantitative estimate of drug-likeness (QED) is 0.387. The van der Waals surface area contributed by atoms with Gasteiger partial charge in [-0.2, -0.15) is 0 Å². The molecule has 0 atom stereocenters. The standard InChI is InChI=1S/CH3NS2.2S/c2-1(3)4;;/h(H3,2,3,4);;/q;2*-2. The number of nitrogens with two attached hydrogens (primary N) is 1. The van der Waals surface area contributed by atoms with Gasteiger partial charge in [0.2, 0.25) is 0 Å². The molecule has 0 radical (unpaired) electrons. The summed E-state index contributed by atoms with van der Waals surface area (Å²) < 4.78 is 0.194. The molecule has 0 aromatic heterocycles. The van der Waals surface area contributed by atoms with Gasteiger partial charge in [0.25, 0.3) is 0 Å². The lowest BCUT2D eigenvalue weighted by atomic mass is 11.5. The molecule has 40 valence electrons. The van der Waals surface area contributed by atoms with Gasteiger partial charge in [0.15, 0.2) is 0 Å². The summed E-state index contributed by atoms with van der Waals surface area (Å²) in [4.78, 5) is 0. The van der Waals surface area contributed by atoms with E-state index in [2.05, 4.69) is 24.8 Å². The summed E-state index contributed by atoms with van der Waals surface area (Å²) in [6, 6.07) is 0. The molecule has 0 rings (SSSR count). The van der Waals surface area contributed by atoms with Crippen molar-refractivity contribution in [3.8, 4) is 0 Å². The molecule has 0 amide bonds. The minimum Gasteiger partial charge on any atom is -2.00 e. The van der Waals surface area contributed by atoms with Gasteiger partial charge < -0.3 is 32.7 Å². The summed E-state index contributed by atoms with van der Waals surface area (Å²) >= 11 is 7.65. The highest BCUT2D eigenvalue weighted by Crippen LogP contribution is 1.63. The van der Waals surface area contributed by atoms with Crippen LogP contribution >= 0.6 is 24.8 Å². The van der Waals surface area contributed by atoms with Gasteiger partial charge in [-0.05, 0) is 0 Å². The van der Waals surface area contributed by atoms with E-state index in [0.29, 0.717) is 0 Å². The Morgan fingerprint density at radius 2 is 1.50 bits per heavy atom. The van der Waals surface area contributed by atoms with Crippen LogP contribution in [0, 0.1) is 0 Å². The predicted molar refractivity (Wildman–Crippen MR) is 40.5 cm³/mol. The summed E-state index contributed by atoms with van der Waals surface area (Å²) in [5, 5.41) is 0. The molecule has 6 heavy (non-hydrogen) atoms. The fraction of sp³-hybridized carbons (Fsp3) is 0. The SMILES string of the molecule is NC(=S)S.[S-2].[S-2]. The Labute approximate surface area is 62.0 Å². The van der Waals surface area contributed by atoms with Crippen LogP contribution in [0.4, 0.5) is 0 Å². The Morgan fingerprint density at radius 1 is 1.50 bits per heavy atom. The molecule has 0 bridgehead atoms. The first-order valence-electron chi connectivity index (χ1n) is 0.716. The van der Waals surface area contributed by atoms with Crippen LogP contribution < -0.4 is 5.73 Å². The van der Waals surface area contributed by atoms with E-state index in [1.54, 1.807) is 0 Å². The minimum absolute atomic E-state index is 0. The van der Waals surface area contributed by atoms with Crippen LogP contribution in [0.3, 0.4) is 0 Å². The Balaban J connectivity index is -0.0000000450. The Hall–Kier alpha value is 0.940. The molecule has 0 aromatic carbocycles. The van der Waals surface area contributed by atoms with Gasteiger partial charge in [0, 0.05) is 0 Å². The van der Waals surface area contributed by atoms with Crippen molar-refractivity contribution in [2.45, 2.75) is 0 Å². The zero-order chi connectivity index (χ0) is 3.58. The molecule has 0 spiro atoms. The Bertz CT molecular complexity index is 30.5. The van der Waals surface area contributed by atoms with Crippen LogP contribution in [0.1, 0.15) is 0 Å². The largest absolute Gasteiger partial charge is 2.00 e. The van der Waals surface area contributed by atoms with E-state index in [-0.39, 0.29) is 31.3 Å². The zero-order valence-electron chi connectivity index (χ0n) is 2.75. The average molecular weight is 157 g/mol. The van der Waals surface area contributed by atoms with Crippen LogP contribution in [0.25, 0.3) is 0 Å². The summed E-state index contributed by atoms with van der Waals surface area (Å²) in [6.07, 6.45) is 0. The molecule has 0 saturated heterocycles. The first kappa shape index (κ1) is 15.8. The molecule has 0 aromatic rings. The smallest absolute Gasteiger partial charge is 0.128 e. The molecule has 0 fully saturated rings. The number of thiocarbonyl (C=S) groups is 1.